The molecule has 144 valence electrons. The van der Waals surface area contributed by atoms with Crippen LogP contribution in [0.25, 0.3) is 0 Å². The lowest BCUT2D eigenvalue weighted by Gasteiger charge is -2.29. The summed E-state index contributed by atoms with van der Waals surface area (Å²) in [5.41, 5.74) is 0.923. The minimum atomic E-state index is -3.69. The number of ether oxygens (including phenoxy) is 1. The zero-order valence-electron chi connectivity index (χ0n) is 15.5. The molecule has 0 aromatic heterocycles. The average molecular weight is 388 g/mol. The minimum absolute atomic E-state index is 0.121. The standard InChI is InChI=1S/C20H24N2O4S/c1-21-14-6-9-18(15-21)26-20(23)16-10-12-19(13-11-16)27(24,25)22(2)17-7-4-3-5-8-17/h3-5,7-8,10-13,18H,6,9,14-15H2,1-2H3. The SMILES string of the molecule is CN1CCCC(OC(=O)c2ccc(S(=O)(=O)N(C)c3ccccc3)cc2)C1. The molecule has 1 aliphatic rings. The van der Waals surface area contributed by atoms with Crippen LogP contribution in [0.3, 0.4) is 0 Å². The maximum absolute atomic E-state index is 12.8. The summed E-state index contributed by atoms with van der Waals surface area (Å²) in [6.07, 6.45) is 1.73. The average Bonchev–Trinajstić information content (AvgIpc) is 2.68. The number of benzene rings is 2. The molecule has 0 N–H and O–H groups in total. The van der Waals surface area contributed by atoms with E-state index in [1.54, 1.807) is 24.3 Å². The first kappa shape index (κ1) is 19.4. The number of hydrogen-bond donors (Lipinski definition) is 0. The Morgan fingerprint density at radius 3 is 2.41 bits per heavy atom. The van der Waals surface area contributed by atoms with Crippen molar-refractivity contribution in [2.24, 2.45) is 0 Å². The molecule has 1 atom stereocenters. The van der Waals surface area contributed by atoms with E-state index in [4.69, 9.17) is 4.74 Å². The molecule has 2 aromatic rings. The highest BCUT2D eigenvalue weighted by molar-refractivity contribution is 7.92. The number of sulfonamides is 1. The number of likely N-dealkylation sites (N-methyl/N-ethyl adjacent to an activating group) is 1. The second-order valence-electron chi connectivity index (χ2n) is 6.76. The molecule has 1 aliphatic heterocycles. The molecule has 0 aliphatic carbocycles. The van der Waals surface area contributed by atoms with Gasteiger partial charge in [-0.3, -0.25) is 4.31 Å². The lowest BCUT2D eigenvalue weighted by Crippen LogP contribution is -2.38. The largest absolute Gasteiger partial charge is 0.457 e. The Kier molecular flexibility index (Phi) is 5.82. The smallest absolute Gasteiger partial charge is 0.338 e. The van der Waals surface area contributed by atoms with E-state index < -0.39 is 16.0 Å². The number of anilines is 1. The second-order valence-corrected chi connectivity index (χ2v) is 8.73. The highest BCUT2D eigenvalue weighted by Gasteiger charge is 2.24. The van der Waals surface area contributed by atoms with Crippen LogP contribution in [0.2, 0.25) is 0 Å². The zero-order chi connectivity index (χ0) is 19.4. The molecule has 2 aromatic carbocycles. The van der Waals surface area contributed by atoms with Crippen molar-refractivity contribution in [3.63, 3.8) is 0 Å². The number of hydrogen-bond acceptors (Lipinski definition) is 5. The number of piperidine rings is 1. The molecule has 0 saturated carbocycles. The Balaban J connectivity index is 1.71. The molecule has 0 spiro atoms. The van der Waals surface area contributed by atoms with E-state index in [9.17, 15) is 13.2 Å². The predicted molar refractivity (Wildman–Crippen MR) is 104 cm³/mol. The fraction of sp³-hybridized carbons (Fsp3) is 0.350. The van der Waals surface area contributed by atoms with E-state index in [0.717, 1.165) is 25.9 Å². The van der Waals surface area contributed by atoms with Crippen molar-refractivity contribution in [3.8, 4) is 0 Å². The van der Waals surface area contributed by atoms with Gasteiger partial charge in [0.15, 0.2) is 0 Å². The summed E-state index contributed by atoms with van der Waals surface area (Å²) in [6, 6.07) is 14.7. The van der Waals surface area contributed by atoms with E-state index in [-0.39, 0.29) is 11.0 Å². The Labute approximate surface area is 160 Å². The second kappa shape index (κ2) is 8.10. The Morgan fingerprint density at radius 2 is 1.78 bits per heavy atom. The summed E-state index contributed by atoms with van der Waals surface area (Å²) in [7, 11) is -0.185. The number of carbonyl (C=O) groups is 1. The van der Waals surface area contributed by atoms with E-state index in [1.165, 1.54) is 35.6 Å². The van der Waals surface area contributed by atoms with Crippen LogP contribution >= 0.6 is 0 Å². The Hall–Kier alpha value is -2.38. The third-order valence-corrected chi connectivity index (χ3v) is 6.52. The molecule has 0 amide bonds. The summed E-state index contributed by atoms with van der Waals surface area (Å²) in [4.78, 5) is 14.6. The first-order valence-corrected chi connectivity index (χ1v) is 10.4. The first-order chi connectivity index (χ1) is 12.9. The molecule has 27 heavy (non-hydrogen) atoms. The monoisotopic (exact) mass is 388 g/mol. The summed E-state index contributed by atoms with van der Waals surface area (Å²) in [6.45, 7) is 1.73. The highest BCUT2D eigenvalue weighted by Crippen LogP contribution is 2.22. The maximum atomic E-state index is 12.8. The number of esters is 1. The number of likely N-dealkylation sites (tertiary alicyclic amines) is 1. The van der Waals surface area contributed by atoms with E-state index >= 15 is 0 Å². The molecule has 1 saturated heterocycles. The Bertz CT molecular complexity index is 882. The summed E-state index contributed by atoms with van der Waals surface area (Å²) < 4.78 is 32.3. The van der Waals surface area contributed by atoms with Gasteiger partial charge in [-0.05, 0) is 62.8 Å². The van der Waals surface area contributed by atoms with Crippen molar-refractivity contribution < 1.29 is 17.9 Å². The normalized spacial score (nSPS) is 18.1. The van der Waals surface area contributed by atoms with Crippen LogP contribution < -0.4 is 4.31 Å². The van der Waals surface area contributed by atoms with Gasteiger partial charge in [0.05, 0.1) is 16.1 Å². The van der Waals surface area contributed by atoms with Gasteiger partial charge in [-0.1, -0.05) is 18.2 Å². The van der Waals surface area contributed by atoms with Crippen LogP contribution in [-0.2, 0) is 14.8 Å². The third kappa shape index (κ3) is 4.48. The molecular weight excluding hydrogens is 364 g/mol. The molecular formula is C20H24N2O4S. The predicted octanol–water partition coefficient (Wildman–Crippen LogP) is 2.76. The van der Waals surface area contributed by atoms with Gasteiger partial charge in [-0.15, -0.1) is 0 Å². The van der Waals surface area contributed by atoms with Crippen molar-refractivity contribution >= 4 is 21.7 Å². The number of para-hydroxylation sites is 1. The molecule has 1 fully saturated rings. The lowest BCUT2D eigenvalue weighted by molar-refractivity contribution is 0.0108. The van der Waals surface area contributed by atoms with Crippen molar-refractivity contribution in [1.82, 2.24) is 4.90 Å². The van der Waals surface area contributed by atoms with Crippen molar-refractivity contribution in [1.29, 1.82) is 0 Å². The van der Waals surface area contributed by atoms with Crippen LogP contribution in [-0.4, -0.2) is 52.6 Å². The van der Waals surface area contributed by atoms with Gasteiger partial charge in [-0.2, -0.15) is 0 Å². The van der Waals surface area contributed by atoms with Gasteiger partial charge in [-0.25, -0.2) is 13.2 Å². The third-order valence-electron chi connectivity index (χ3n) is 4.72. The van der Waals surface area contributed by atoms with E-state index in [2.05, 4.69) is 4.90 Å². The maximum Gasteiger partial charge on any atom is 0.338 e. The van der Waals surface area contributed by atoms with Crippen LogP contribution in [0.5, 0.6) is 0 Å². The summed E-state index contributed by atoms with van der Waals surface area (Å²) in [5.74, 6) is -0.421. The van der Waals surface area contributed by atoms with Gasteiger partial charge < -0.3 is 9.64 Å². The van der Waals surface area contributed by atoms with Gasteiger partial charge in [0, 0.05) is 13.6 Å². The fourth-order valence-corrected chi connectivity index (χ4v) is 4.33. The van der Waals surface area contributed by atoms with E-state index in [1.807, 2.05) is 13.1 Å². The molecule has 3 rings (SSSR count). The molecule has 0 bridgehead atoms. The van der Waals surface area contributed by atoms with Gasteiger partial charge in [0.2, 0.25) is 0 Å². The molecule has 1 heterocycles. The Morgan fingerprint density at radius 1 is 1.11 bits per heavy atom. The fourth-order valence-electron chi connectivity index (χ4n) is 3.13. The van der Waals surface area contributed by atoms with Crippen LogP contribution in [0.15, 0.2) is 59.5 Å². The van der Waals surface area contributed by atoms with Gasteiger partial charge in [0.1, 0.15) is 6.10 Å². The minimum Gasteiger partial charge on any atom is -0.457 e. The van der Waals surface area contributed by atoms with Gasteiger partial charge >= 0.3 is 5.97 Å². The quantitative estimate of drug-likeness (QED) is 0.737. The number of carbonyl (C=O) groups excluding carboxylic acids is 1. The van der Waals surface area contributed by atoms with Crippen molar-refractivity contribution in [3.05, 3.63) is 60.2 Å². The highest BCUT2D eigenvalue weighted by atomic mass is 32.2. The molecule has 1 unspecified atom stereocenters. The topological polar surface area (TPSA) is 66.9 Å². The van der Waals surface area contributed by atoms with Crippen molar-refractivity contribution in [2.45, 2.75) is 23.8 Å². The van der Waals surface area contributed by atoms with Gasteiger partial charge in [0.25, 0.3) is 10.0 Å². The van der Waals surface area contributed by atoms with E-state index in [0.29, 0.717) is 11.3 Å². The number of rotatable bonds is 5. The summed E-state index contributed by atoms with van der Waals surface area (Å²) in [5, 5.41) is 0. The van der Waals surface area contributed by atoms with Crippen molar-refractivity contribution in [2.75, 3.05) is 31.5 Å². The molecule has 0 radical (unpaired) electrons. The van der Waals surface area contributed by atoms with Crippen LogP contribution in [0, 0.1) is 0 Å². The zero-order valence-corrected chi connectivity index (χ0v) is 16.4. The first-order valence-electron chi connectivity index (χ1n) is 8.91. The lowest BCUT2D eigenvalue weighted by atomic mass is 10.1. The molecule has 6 nitrogen and oxygen atoms in total. The molecule has 7 heteroatoms. The number of nitrogens with zero attached hydrogens (tertiary/aromatic N) is 2. The summed E-state index contributed by atoms with van der Waals surface area (Å²) >= 11 is 0. The van der Waals surface area contributed by atoms with Crippen LogP contribution in [0.4, 0.5) is 5.69 Å². The van der Waals surface area contributed by atoms with Crippen LogP contribution in [0.1, 0.15) is 23.2 Å².